The Bertz CT molecular complexity index is 636. The second kappa shape index (κ2) is 5.61. The third kappa shape index (κ3) is 2.56. The molecule has 2 aromatic rings. The van der Waals surface area contributed by atoms with E-state index in [1.165, 1.54) is 0 Å². The highest BCUT2D eigenvalue weighted by Crippen LogP contribution is 2.30. The first kappa shape index (κ1) is 13.9. The van der Waals surface area contributed by atoms with Crippen LogP contribution in [0.1, 0.15) is 16.1 Å². The fourth-order valence-electron chi connectivity index (χ4n) is 1.99. The molecule has 1 amide bonds. The van der Waals surface area contributed by atoms with Crippen molar-refractivity contribution in [3.05, 3.63) is 41.6 Å². The molecule has 0 saturated carbocycles. The van der Waals surface area contributed by atoms with Gasteiger partial charge in [-0.3, -0.25) is 4.79 Å². The van der Waals surface area contributed by atoms with E-state index < -0.39 is 0 Å². The fraction of sp³-hybridized carbons (Fsp3) is 0.200. The second-order valence-electron chi connectivity index (χ2n) is 4.37. The van der Waals surface area contributed by atoms with E-state index >= 15 is 0 Å². The summed E-state index contributed by atoms with van der Waals surface area (Å²) in [6, 6.07) is 9.03. The third-order valence-corrected chi connectivity index (χ3v) is 3.10. The number of carbonyl (C=O) groups excluding carboxylic acids is 1. The van der Waals surface area contributed by atoms with Gasteiger partial charge >= 0.3 is 0 Å². The Balaban J connectivity index is 2.44. The van der Waals surface area contributed by atoms with Gasteiger partial charge in [-0.05, 0) is 30.7 Å². The molecule has 0 saturated heterocycles. The van der Waals surface area contributed by atoms with Gasteiger partial charge in [0.2, 0.25) is 0 Å². The average Bonchev–Trinajstić information content (AvgIpc) is 2.47. The van der Waals surface area contributed by atoms with Crippen molar-refractivity contribution in [1.29, 1.82) is 0 Å². The van der Waals surface area contributed by atoms with Crippen LogP contribution in [0.2, 0.25) is 0 Å². The number of pyridine rings is 1. The van der Waals surface area contributed by atoms with Gasteiger partial charge in [0.05, 0.1) is 12.8 Å². The standard InChI is InChI=1S/C15H17N3O2/c1-9-13(20-3)8-12(14(16)18-9)10-4-6-11(7-5-10)15(19)17-2/h4-8H,1-3H3,(H2,16,18)(H,17,19). The highest BCUT2D eigenvalue weighted by Gasteiger charge is 2.10. The minimum Gasteiger partial charge on any atom is -0.495 e. The summed E-state index contributed by atoms with van der Waals surface area (Å²) in [6.07, 6.45) is 0. The zero-order valence-corrected chi connectivity index (χ0v) is 11.7. The molecule has 104 valence electrons. The number of ether oxygens (including phenoxy) is 1. The van der Waals surface area contributed by atoms with Gasteiger partial charge in [0, 0.05) is 18.2 Å². The Kier molecular flexibility index (Phi) is 3.89. The van der Waals surface area contributed by atoms with Crippen LogP contribution in [0.15, 0.2) is 30.3 Å². The number of carbonyl (C=O) groups is 1. The molecule has 0 aliphatic heterocycles. The van der Waals surface area contributed by atoms with Crippen LogP contribution >= 0.6 is 0 Å². The first-order valence-electron chi connectivity index (χ1n) is 6.20. The minimum absolute atomic E-state index is 0.121. The number of amides is 1. The fourth-order valence-corrected chi connectivity index (χ4v) is 1.99. The molecule has 1 aromatic carbocycles. The number of nitrogen functional groups attached to an aromatic ring is 1. The topological polar surface area (TPSA) is 77.2 Å². The SMILES string of the molecule is CNC(=O)c1ccc(-c2cc(OC)c(C)nc2N)cc1. The van der Waals surface area contributed by atoms with E-state index in [1.54, 1.807) is 26.3 Å². The molecule has 0 unspecified atom stereocenters. The summed E-state index contributed by atoms with van der Waals surface area (Å²) in [4.78, 5) is 15.8. The Morgan fingerprint density at radius 2 is 1.95 bits per heavy atom. The third-order valence-electron chi connectivity index (χ3n) is 3.10. The van der Waals surface area contributed by atoms with Gasteiger partial charge in [-0.15, -0.1) is 0 Å². The molecule has 0 fully saturated rings. The van der Waals surface area contributed by atoms with Gasteiger partial charge in [-0.25, -0.2) is 4.98 Å². The summed E-state index contributed by atoms with van der Waals surface area (Å²) in [5, 5.41) is 2.58. The van der Waals surface area contributed by atoms with Crippen molar-refractivity contribution < 1.29 is 9.53 Å². The first-order valence-corrected chi connectivity index (χ1v) is 6.20. The van der Waals surface area contributed by atoms with Gasteiger partial charge < -0.3 is 15.8 Å². The quantitative estimate of drug-likeness (QED) is 0.895. The molecule has 0 spiro atoms. The molecular formula is C15H17N3O2. The van der Waals surface area contributed by atoms with Crippen LogP contribution in [0.4, 0.5) is 5.82 Å². The van der Waals surface area contributed by atoms with Crippen molar-refractivity contribution in [3.8, 4) is 16.9 Å². The predicted octanol–water partition coefficient (Wildman–Crippen LogP) is 2.01. The molecule has 0 atom stereocenters. The van der Waals surface area contributed by atoms with Crippen molar-refractivity contribution in [2.24, 2.45) is 0 Å². The lowest BCUT2D eigenvalue weighted by Gasteiger charge is -2.10. The van der Waals surface area contributed by atoms with Crippen molar-refractivity contribution in [2.45, 2.75) is 6.92 Å². The van der Waals surface area contributed by atoms with Crippen molar-refractivity contribution in [1.82, 2.24) is 10.3 Å². The lowest BCUT2D eigenvalue weighted by Crippen LogP contribution is -2.17. The zero-order valence-electron chi connectivity index (χ0n) is 11.7. The Hall–Kier alpha value is -2.56. The smallest absolute Gasteiger partial charge is 0.251 e. The van der Waals surface area contributed by atoms with Gasteiger partial charge in [0.25, 0.3) is 5.91 Å². The highest BCUT2D eigenvalue weighted by molar-refractivity contribution is 5.94. The van der Waals surface area contributed by atoms with E-state index in [4.69, 9.17) is 10.5 Å². The number of aryl methyl sites for hydroxylation is 1. The first-order chi connectivity index (χ1) is 9.56. The van der Waals surface area contributed by atoms with Crippen LogP contribution in [0.25, 0.3) is 11.1 Å². The number of nitrogens with zero attached hydrogens (tertiary/aromatic N) is 1. The van der Waals surface area contributed by atoms with E-state index in [0.717, 1.165) is 16.8 Å². The molecule has 2 rings (SSSR count). The molecular weight excluding hydrogens is 254 g/mol. The van der Waals surface area contributed by atoms with Crippen LogP contribution < -0.4 is 15.8 Å². The highest BCUT2D eigenvalue weighted by atomic mass is 16.5. The number of methoxy groups -OCH3 is 1. The molecule has 1 aromatic heterocycles. The van der Waals surface area contributed by atoms with Crippen LogP contribution in [-0.4, -0.2) is 25.0 Å². The van der Waals surface area contributed by atoms with E-state index in [-0.39, 0.29) is 5.91 Å². The number of hydrogen-bond acceptors (Lipinski definition) is 4. The predicted molar refractivity (Wildman–Crippen MR) is 78.8 cm³/mol. The lowest BCUT2D eigenvalue weighted by atomic mass is 10.0. The molecule has 1 heterocycles. The maximum absolute atomic E-state index is 11.5. The maximum atomic E-state index is 11.5. The molecule has 0 aliphatic rings. The van der Waals surface area contributed by atoms with Gasteiger partial charge in [0.15, 0.2) is 0 Å². The second-order valence-corrected chi connectivity index (χ2v) is 4.37. The van der Waals surface area contributed by atoms with Crippen molar-refractivity contribution in [3.63, 3.8) is 0 Å². The van der Waals surface area contributed by atoms with Crippen LogP contribution in [0, 0.1) is 6.92 Å². The largest absolute Gasteiger partial charge is 0.495 e. The van der Waals surface area contributed by atoms with E-state index in [0.29, 0.717) is 17.1 Å². The molecule has 0 bridgehead atoms. The summed E-state index contributed by atoms with van der Waals surface area (Å²) in [7, 11) is 3.20. The number of anilines is 1. The molecule has 3 N–H and O–H groups in total. The summed E-state index contributed by atoms with van der Waals surface area (Å²) in [5.41, 5.74) is 8.98. The van der Waals surface area contributed by atoms with Gasteiger partial charge in [0.1, 0.15) is 11.6 Å². The lowest BCUT2D eigenvalue weighted by molar-refractivity contribution is 0.0963. The number of benzene rings is 1. The van der Waals surface area contributed by atoms with Crippen molar-refractivity contribution >= 4 is 11.7 Å². The number of hydrogen-bond donors (Lipinski definition) is 2. The monoisotopic (exact) mass is 271 g/mol. The summed E-state index contributed by atoms with van der Waals surface area (Å²) >= 11 is 0. The minimum atomic E-state index is -0.121. The number of nitrogens with one attached hydrogen (secondary N) is 1. The molecule has 0 aliphatic carbocycles. The number of nitrogens with two attached hydrogens (primary N) is 1. The Morgan fingerprint density at radius 3 is 2.50 bits per heavy atom. The average molecular weight is 271 g/mol. The van der Waals surface area contributed by atoms with E-state index in [9.17, 15) is 4.79 Å². The van der Waals surface area contributed by atoms with Crippen LogP contribution in [0.3, 0.4) is 0 Å². The van der Waals surface area contributed by atoms with Gasteiger partial charge in [-0.1, -0.05) is 12.1 Å². The van der Waals surface area contributed by atoms with E-state index in [1.807, 2.05) is 25.1 Å². The molecule has 5 nitrogen and oxygen atoms in total. The normalized spacial score (nSPS) is 10.2. The van der Waals surface area contributed by atoms with Crippen LogP contribution in [-0.2, 0) is 0 Å². The van der Waals surface area contributed by atoms with Gasteiger partial charge in [-0.2, -0.15) is 0 Å². The number of rotatable bonds is 3. The number of aromatic nitrogens is 1. The molecule has 0 radical (unpaired) electrons. The van der Waals surface area contributed by atoms with Crippen molar-refractivity contribution in [2.75, 3.05) is 19.9 Å². The summed E-state index contributed by atoms with van der Waals surface area (Å²) in [6.45, 7) is 1.84. The van der Waals surface area contributed by atoms with Crippen LogP contribution in [0.5, 0.6) is 5.75 Å². The maximum Gasteiger partial charge on any atom is 0.251 e. The van der Waals surface area contributed by atoms with E-state index in [2.05, 4.69) is 10.3 Å². The molecule has 20 heavy (non-hydrogen) atoms. The Labute approximate surface area is 117 Å². The zero-order chi connectivity index (χ0) is 14.7. The molecule has 5 heteroatoms. The summed E-state index contributed by atoms with van der Waals surface area (Å²) < 4.78 is 5.26. The Morgan fingerprint density at radius 1 is 1.30 bits per heavy atom. The summed E-state index contributed by atoms with van der Waals surface area (Å²) in [5.74, 6) is 1.00.